The van der Waals surface area contributed by atoms with Gasteiger partial charge in [-0.05, 0) is 27.2 Å². The number of hydrogen-bond acceptors (Lipinski definition) is 7. The number of rotatable bonds is 24. The summed E-state index contributed by atoms with van der Waals surface area (Å²) in [6.07, 6.45) is 10.8. The van der Waals surface area contributed by atoms with E-state index in [2.05, 4.69) is 6.92 Å². The molecule has 32 heavy (non-hydrogen) atoms. The third-order valence-electron chi connectivity index (χ3n) is 4.50. The van der Waals surface area contributed by atoms with E-state index in [1.54, 1.807) is 0 Å². The van der Waals surface area contributed by atoms with E-state index in [1.807, 2.05) is 20.8 Å². The number of ether oxygens (including phenoxy) is 6. The van der Waals surface area contributed by atoms with Crippen molar-refractivity contribution in [3.63, 3.8) is 0 Å². The molecule has 0 fully saturated rings. The van der Waals surface area contributed by atoms with Gasteiger partial charge in [-0.3, -0.25) is 4.79 Å². The van der Waals surface area contributed by atoms with Gasteiger partial charge in [0.05, 0.1) is 65.9 Å². The molecule has 0 N–H and O–H groups in total. The molecular weight excluding hydrogens is 412 g/mol. The molecule has 7 nitrogen and oxygen atoms in total. The highest BCUT2D eigenvalue weighted by Crippen LogP contribution is 2.09. The van der Waals surface area contributed by atoms with Crippen molar-refractivity contribution in [3.8, 4) is 0 Å². The van der Waals surface area contributed by atoms with Crippen molar-refractivity contribution in [2.45, 2.75) is 91.1 Å². The first-order valence-electron chi connectivity index (χ1n) is 12.6. The molecule has 0 saturated carbocycles. The Hall–Kier alpha value is -0.730. The molecule has 0 atom stereocenters. The largest absolute Gasteiger partial charge is 0.460 e. The van der Waals surface area contributed by atoms with E-state index in [1.165, 1.54) is 44.9 Å². The summed E-state index contributed by atoms with van der Waals surface area (Å²) in [7, 11) is 0. The van der Waals surface area contributed by atoms with Crippen LogP contribution in [0, 0.1) is 0 Å². The molecule has 0 aromatic carbocycles. The monoisotopic (exact) mass is 462 g/mol. The maximum absolute atomic E-state index is 11.5. The fourth-order valence-electron chi connectivity index (χ4n) is 2.87. The van der Waals surface area contributed by atoms with Crippen molar-refractivity contribution in [2.24, 2.45) is 0 Å². The summed E-state index contributed by atoms with van der Waals surface area (Å²) in [5.74, 6) is -0.246. The minimum absolute atomic E-state index is 0.246. The summed E-state index contributed by atoms with van der Waals surface area (Å²) >= 11 is 0. The van der Waals surface area contributed by atoms with E-state index in [4.69, 9.17) is 28.4 Å². The van der Waals surface area contributed by atoms with E-state index in [0.717, 1.165) is 13.0 Å². The van der Waals surface area contributed by atoms with Crippen molar-refractivity contribution in [3.05, 3.63) is 0 Å². The fraction of sp³-hybridized carbons (Fsp3) is 0.960. The summed E-state index contributed by atoms with van der Waals surface area (Å²) in [5.41, 5.74) is -0.453. The molecule has 192 valence electrons. The Labute approximate surface area is 196 Å². The van der Waals surface area contributed by atoms with Gasteiger partial charge in [-0.15, -0.1) is 0 Å². The molecule has 0 rings (SSSR count). The first-order valence-corrected chi connectivity index (χ1v) is 12.6. The van der Waals surface area contributed by atoms with Crippen LogP contribution in [-0.4, -0.2) is 77.6 Å². The molecule has 0 spiro atoms. The maximum Gasteiger partial charge on any atom is 0.308 e. The highest BCUT2D eigenvalue weighted by molar-refractivity contribution is 5.69. The predicted octanol–water partition coefficient (Wildman–Crippen LogP) is 4.94. The summed E-state index contributed by atoms with van der Waals surface area (Å²) < 4.78 is 32.5. The van der Waals surface area contributed by atoms with Crippen LogP contribution in [0.25, 0.3) is 0 Å². The Morgan fingerprint density at radius 2 is 0.906 bits per heavy atom. The Kier molecular flexibility index (Phi) is 22.9. The molecule has 0 radical (unpaired) electrons. The van der Waals surface area contributed by atoms with E-state index < -0.39 is 5.60 Å². The molecule has 0 amide bonds. The molecule has 0 aromatic heterocycles. The lowest BCUT2D eigenvalue weighted by Crippen LogP contribution is -2.24. The van der Waals surface area contributed by atoms with Crippen LogP contribution in [0.3, 0.4) is 0 Å². The molecular formula is C25H50O7. The summed E-state index contributed by atoms with van der Waals surface area (Å²) in [6, 6.07) is 0. The van der Waals surface area contributed by atoms with Gasteiger partial charge in [0.2, 0.25) is 0 Å². The normalized spacial score (nSPS) is 11.8. The topological polar surface area (TPSA) is 72.5 Å². The Balaban J connectivity index is 3.10. The van der Waals surface area contributed by atoms with Gasteiger partial charge >= 0.3 is 5.97 Å². The first kappa shape index (κ1) is 31.3. The molecule has 0 saturated heterocycles. The van der Waals surface area contributed by atoms with E-state index in [9.17, 15) is 4.79 Å². The number of carbonyl (C=O) groups excluding carboxylic acids is 1. The Morgan fingerprint density at radius 3 is 1.34 bits per heavy atom. The predicted molar refractivity (Wildman–Crippen MR) is 127 cm³/mol. The second kappa shape index (κ2) is 23.4. The van der Waals surface area contributed by atoms with Crippen LogP contribution in [0.15, 0.2) is 0 Å². The van der Waals surface area contributed by atoms with Gasteiger partial charge in [-0.25, -0.2) is 0 Å². The van der Waals surface area contributed by atoms with Crippen molar-refractivity contribution in [1.29, 1.82) is 0 Å². The molecule has 0 heterocycles. The van der Waals surface area contributed by atoms with Crippen LogP contribution >= 0.6 is 0 Å². The summed E-state index contributed by atoms with van der Waals surface area (Å²) in [4.78, 5) is 11.5. The standard InChI is InChI=1S/C25H50O7/c1-5-6-7-8-9-10-11-12-14-27-16-18-29-20-22-31-23-21-30-19-17-28-15-13-24(26)32-25(2,3)4/h5-23H2,1-4H3. The van der Waals surface area contributed by atoms with Crippen LogP contribution in [-0.2, 0) is 33.2 Å². The maximum atomic E-state index is 11.5. The smallest absolute Gasteiger partial charge is 0.308 e. The highest BCUT2D eigenvalue weighted by Gasteiger charge is 2.15. The Bertz CT molecular complexity index is 396. The quantitative estimate of drug-likeness (QED) is 0.149. The molecule has 0 unspecified atom stereocenters. The van der Waals surface area contributed by atoms with Crippen molar-refractivity contribution in [2.75, 3.05) is 66.1 Å². The van der Waals surface area contributed by atoms with Gasteiger partial charge in [0.1, 0.15) is 5.60 Å². The summed E-state index contributed by atoms with van der Waals surface area (Å²) in [5, 5.41) is 0. The molecule has 0 aliphatic rings. The minimum Gasteiger partial charge on any atom is -0.460 e. The van der Waals surface area contributed by atoms with Crippen LogP contribution in [0.5, 0.6) is 0 Å². The zero-order valence-electron chi connectivity index (χ0n) is 21.3. The summed E-state index contributed by atoms with van der Waals surface area (Å²) in [6.45, 7) is 13.3. The highest BCUT2D eigenvalue weighted by atomic mass is 16.6. The van der Waals surface area contributed by atoms with E-state index >= 15 is 0 Å². The van der Waals surface area contributed by atoms with Crippen LogP contribution < -0.4 is 0 Å². The number of esters is 1. The lowest BCUT2D eigenvalue weighted by Gasteiger charge is -2.19. The zero-order valence-corrected chi connectivity index (χ0v) is 21.3. The van der Waals surface area contributed by atoms with E-state index in [0.29, 0.717) is 59.5 Å². The van der Waals surface area contributed by atoms with Gasteiger partial charge in [0.25, 0.3) is 0 Å². The lowest BCUT2D eigenvalue weighted by molar-refractivity contribution is -0.156. The van der Waals surface area contributed by atoms with Gasteiger partial charge in [0.15, 0.2) is 0 Å². The van der Waals surface area contributed by atoms with Crippen molar-refractivity contribution in [1.82, 2.24) is 0 Å². The Morgan fingerprint density at radius 1 is 0.531 bits per heavy atom. The minimum atomic E-state index is -0.453. The van der Waals surface area contributed by atoms with Crippen molar-refractivity contribution >= 4 is 5.97 Å². The van der Waals surface area contributed by atoms with Crippen molar-refractivity contribution < 1.29 is 33.2 Å². The third-order valence-corrected chi connectivity index (χ3v) is 4.50. The number of carbonyl (C=O) groups is 1. The first-order chi connectivity index (χ1) is 15.5. The SMILES string of the molecule is CCCCCCCCCCOCCOCCOCCOCCOCCC(=O)OC(C)(C)C. The van der Waals surface area contributed by atoms with Crippen LogP contribution in [0.1, 0.15) is 85.5 Å². The second-order valence-corrected chi connectivity index (χ2v) is 8.87. The molecule has 7 heteroatoms. The molecule has 0 aromatic rings. The second-order valence-electron chi connectivity index (χ2n) is 8.87. The molecule has 0 bridgehead atoms. The van der Waals surface area contributed by atoms with Gasteiger partial charge in [0, 0.05) is 6.61 Å². The average molecular weight is 463 g/mol. The lowest BCUT2D eigenvalue weighted by atomic mass is 10.1. The van der Waals surface area contributed by atoms with Crippen LogP contribution in [0.4, 0.5) is 0 Å². The average Bonchev–Trinajstić information content (AvgIpc) is 2.73. The molecule has 0 aliphatic carbocycles. The number of unbranched alkanes of at least 4 members (excludes halogenated alkanes) is 7. The van der Waals surface area contributed by atoms with E-state index in [-0.39, 0.29) is 12.4 Å². The zero-order chi connectivity index (χ0) is 23.8. The molecule has 0 aliphatic heterocycles. The van der Waals surface area contributed by atoms with Gasteiger partial charge in [-0.1, -0.05) is 51.9 Å². The number of hydrogen-bond donors (Lipinski definition) is 0. The third kappa shape index (κ3) is 27.3. The van der Waals surface area contributed by atoms with Crippen LogP contribution in [0.2, 0.25) is 0 Å². The van der Waals surface area contributed by atoms with Gasteiger partial charge in [-0.2, -0.15) is 0 Å². The fourth-order valence-corrected chi connectivity index (χ4v) is 2.87. The van der Waals surface area contributed by atoms with Gasteiger partial charge < -0.3 is 28.4 Å².